The zero-order chi connectivity index (χ0) is 19.3. The molecule has 0 bridgehead atoms. The van der Waals surface area contributed by atoms with E-state index in [-0.39, 0.29) is 5.54 Å². The van der Waals surface area contributed by atoms with Gasteiger partial charge in [-0.3, -0.25) is 0 Å². The number of nitrogens with one attached hydrogen (secondary N) is 1. The molecule has 1 aliphatic carbocycles. The summed E-state index contributed by atoms with van der Waals surface area (Å²) in [6.07, 6.45) is 6.39. The molecule has 2 nitrogen and oxygen atoms in total. The van der Waals surface area contributed by atoms with Crippen molar-refractivity contribution >= 4 is 19.4 Å². The summed E-state index contributed by atoms with van der Waals surface area (Å²) in [7, 11) is 5.59. The van der Waals surface area contributed by atoms with Gasteiger partial charge in [0.25, 0.3) is 0 Å². The molecule has 4 heteroatoms. The van der Waals surface area contributed by atoms with E-state index in [1.54, 1.807) is 0 Å². The van der Waals surface area contributed by atoms with Gasteiger partial charge in [-0.25, -0.2) is 0 Å². The minimum absolute atomic E-state index is 0.0537. The molecule has 1 aliphatic rings. The van der Waals surface area contributed by atoms with Gasteiger partial charge in [-0.05, 0) is 67.0 Å². The Bertz CT molecular complexity index is 723. The second-order valence-corrected chi connectivity index (χ2v) is 8.64. The van der Waals surface area contributed by atoms with Gasteiger partial charge >= 0.3 is 0 Å². The highest BCUT2D eigenvalue weighted by Gasteiger charge is 2.39. The van der Waals surface area contributed by atoms with E-state index in [9.17, 15) is 0 Å². The number of benzene rings is 2. The average Bonchev–Trinajstić information content (AvgIpc) is 2.61. The lowest BCUT2D eigenvalue weighted by molar-refractivity contribution is 0.123. The van der Waals surface area contributed by atoms with E-state index in [1.807, 2.05) is 12.1 Å². The van der Waals surface area contributed by atoms with Crippen LogP contribution in [-0.4, -0.2) is 19.4 Å². The lowest BCUT2D eigenvalue weighted by Gasteiger charge is -2.46. The lowest BCUT2D eigenvalue weighted by atomic mass is 9.67. The van der Waals surface area contributed by atoms with Crippen molar-refractivity contribution in [2.24, 2.45) is 11.7 Å². The van der Waals surface area contributed by atoms with E-state index >= 15 is 0 Å². The minimum Gasteiger partial charge on any atom is -0.325 e. The first-order chi connectivity index (χ1) is 13.0. The summed E-state index contributed by atoms with van der Waals surface area (Å²) in [6, 6.07) is 17.3. The number of unbranched alkanes of at least 4 members (excludes halogenated alkanes) is 1. The highest BCUT2D eigenvalue weighted by molar-refractivity contribution is 6.30. The summed E-state index contributed by atoms with van der Waals surface area (Å²) in [4.78, 5) is 0. The van der Waals surface area contributed by atoms with Gasteiger partial charge in [0.05, 0.1) is 7.85 Å². The standard InChI is InChI=1S/C23H30BClN2/c1-23(26,11-2-3-12-24)20-14-22(15-20)27-16-17-5-4-6-19(13-17)18-7-9-21(25)10-8-18/h4-10,13,20,22,27H,2-3,11-12,14-16,26H2,1H3/t20?,22?,23-/m0/s1. The van der Waals surface area contributed by atoms with Gasteiger partial charge in [0, 0.05) is 23.1 Å². The zero-order valence-electron chi connectivity index (χ0n) is 16.3. The van der Waals surface area contributed by atoms with Crippen molar-refractivity contribution in [1.82, 2.24) is 5.32 Å². The van der Waals surface area contributed by atoms with Crippen LogP contribution in [-0.2, 0) is 6.54 Å². The summed E-state index contributed by atoms with van der Waals surface area (Å²) in [6.45, 7) is 3.10. The molecule has 3 N–H and O–H groups in total. The van der Waals surface area contributed by atoms with E-state index in [0.717, 1.165) is 37.2 Å². The van der Waals surface area contributed by atoms with Crippen LogP contribution in [0.2, 0.25) is 11.3 Å². The molecule has 27 heavy (non-hydrogen) atoms. The van der Waals surface area contributed by atoms with Crippen LogP contribution in [0.3, 0.4) is 0 Å². The highest BCUT2D eigenvalue weighted by Crippen LogP contribution is 2.38. The van der Waals surface area contributed by atoms with E-state index in [1.165, 1.54) is 29.5 Å². The molecule has 2 aromatic carbocycles. The summed E-state index contributed by atoms with van der Waals surface area (Å²) in [5.41, 5.74) is 10.2. The fourth-order valence-electron chi connectivity index (χ4n) is 3.94. The van der Waals surface area contributed by atoms with Crippen molar-refractivity contribution < 1.29 is 0 Å². The van der Waals surface area contributed by atoms with Crippen molar-refractivity contribution in [3.63, 3.8) is 0 Å². The smallest absolute Gasteiger partial charge is 0.0653 e. The Balaban J connectivity index is 1.48. The van der Waals surface area contributed by atoms with Crippen LogP contribution in [0.4, 0.5) is 0 Å². The molecule has 1 saturated carbocycles. The van der Waals surface area contributed by atoms with E-state index < -0.39 is 0 Å². The number of halogens is 1. The van der Waals surface area contributed by atoms with Crippen molar-refractivity contribution in [2.45, 2.75) is 63.5 Å². The molecule has 1 atom stereocenters. The van der Waals surface area contributed by atoms with Crippen LogP contribution in [0.25, 0.3) is 11.1 Å². The van der Waals surface area contributed by atoms with Gasteiger partial charge in [0.1, 0.15) is 0 Å². The Labute approximate surface area is 170 Å². The number of nitrogens with two attached hydrogens (primary N) is 1. The Hall–Kier alpha value is -1.29. The van der Waals surface area contributed by atoms with Gasteiger partial charge in [-0.15, -0.1) is 0 Å². The number of hydrogen-bond acceptors (Lipinski definition) is 2. The first-order valence-electron chi connectivity index (χ1n) is 10.0. The molecule has 0 spiro atoms. The quantitative estimate of drug-likeness (QED) is 0.454. The molecule has 0 unspecified atom stereocenters. The number of hydrogen-bond donors (Lipinski definition) is 2. The molecule has 0 heterocycles. The molecule has 0 amide bonds. The topological polar surface area (TPSA) is 38.0 Å². The maximum absolute atomic E-state index is 6.55. The zero-order valence-corrected chi connectivity index (χ0v) is 17.0. The third-order valence-electron chi connectivity index (χ3n) is 5.94. The predicted octanol–water partition coefficient (Wildman–Crippen LogP) is 5.35. The van der Waals surface area contributed by atoms with E-state index in [2.05, 4.69) is 48.6 Å². The van der Waals surface area contributed by atoms with Crippen molar-refractivity contribution in [3.05, 3.63) is 59.1 Å². The van der Waals surface area contributed by atoms with Crippen LogP contribution < -0.4 is 11.1 Å². The van der Waals surface area contributed by atoms with Crippen molar-refractivity contribution in [2.75, 3.05) is 0 Å². The van der Waals surface area contributed by atoms with Gasteiger partial charge in [-0.1, -0.05) is 61.1 Å². The Morgan fingerprint density at radius 1 is 1.11 bits per heavy atom. The maximum Gasteiger partial charge on any atom is 0.0653 e. The second kappa shape index (κ2) is 9.27. The summed E-state index contributed by atoms with van der Waals surface area (Å²) in [5, 5.41) is 4.47. The average molecular weight is 381 g/mol. The Kier molecular flexibility index (Phi) is 7.02. The first-order valence-corrected chi connectivity index (χ1v) is 10.4. The molecule has 1 fully saturated rings. The second-order valence-electron chi connectivity index (χ2n) is 8.21. The summed E-state index contributed by atoms with van der Waals surface area (Å²) >= 11 is 5.99. The van der Waals surface area contributed by atoms with Crippen LogP contribution in [0, 0.1) is 5.92 Å². The SMILES string of the molecule is [B]CCCC[C@](C)(N)C1CC(NCc2cccc(-c3ccc(Cl)cc3)c2)C1. The lowest BCUT2D eigenvalue weighted by Crippen LogP contribution is -2.54. The van der Waals surface area contributed by atoms with E-state index in [0.29, 0.717) is 12.0 Å². The molecule has 2 radical (unpaired) electrons. The minimum atomic E-state index is -0.0537. The predicted molar refractivity (Wildman–Crippen MR) is 117 cm³/mol. The fraction of sp³-hybridized carbons (Fsp3) is 0.478. The van der Waals surface area contributed by atoms with Gasteiger partial charge in [-0.2, -0.15) is 0 Å². The normalized spacial score (nSPS) is 21.4. The van der Waals surface area contributed by atoms with E-state index in [4.69, 9.17) is 25.2 Å². The number of rotatable bonds is 9. The molecule has 142 valence electrons. The van der Waals surface area contributed by atoms with Gasteiger partial charge in [0.15, 0.2) is 0 Å². The van der Waals surface area contributed by atoms with Crippen LogP contribution in [0.1, 0.15) is 44.6 Å². The first kappa shape index (κ1) is 20.4. The molecule has 0 aliphatic heterocycles. The van der Waals surface area contributed by atoms with Crippen molar-refractivity contribution in [3.8, 4) is 11.1 Å². The summed E-state index contributed by atoms with van der Waals surface area (Å²) < 4.78 is 0. The highest BCUT2D eigenvalue weighted by atomic mass is 35.5. The molecule has 0 aromatic heterocycles. The summed E-state index contributed by atoms with van der Waals surface area (Å²) in [5.74, 6) is 0.619. The fourth-order valence-corrected chi connectivity index (χ4v) is 4.07. The Morgan fingerprint density at radius 2 is 1.85 bits per heavy atom. The monoisotopic (exact) mass is 380 g/mol. The third kappa shape index (κ3) is 5.60. The molecular formula is C23H30BClN2. The third-order valence-corrected chi connectivity index (χ3v) is 6.19. The van der Waals surface area contributed by atoms with Crippen LogP contribution in [0.5, 0.6) is 0 Å². The molecule has 0 saturated heterocycles. The van der Waals surface area contributed by atoms with Crippen LogP contribution in [0.15, 0.2) is 48.5 Å². The molecule has 3 rings (SSSR count). The van der Waals surface area contributed by atoms with Crippen LogP contribution >= 0.6 is 11.6 Å². The maximum atomic E-state index is 6.55. The van der Waals surface area contributed by atoms with Gasteiger partial charge < -0.3 is 11.1 Å². The van der Waals surface area contributed by atoms with Gasteiger partial charge in [0.2, 0.25) is 0 Å². The molecule has 2 aromatic rings. The van der Waals surface area contributed by atoms with Crippen molar-refractivity contribution in [1.29, 1.82) is 0 Å². The largest absolute Gasteiger partial charge is 0.325 e. The Morgan fingerprint density at radius 3 is 2.56 bits per heavy atom. The molecular weight excluding hydrogens is 351 g/mol.